The van der Waals surface area contributed by atoms with Crippen molar-refractivity contribution < 1.29 is 14.3 Å². The van der Waals surface area contributed by atoms with Crippen molar-refractivity contribution >= 4 is 21.9 Å². The second kappa shape index (κ2) is 7.53. The Labute approximate surface area is 154 Å². The normalized spacial score (nSPS) is 10.5. The standard InChI is InChI=1S/C19H17BrN2O3/c1-3-25-19(23)18-17(13-7-9-14(20)10-8-13)12-22(21-18)15-5-4-6-16(11-15)24-2/h4-12H,3H2,1-2H3. The van der Waals surface area contributed by atoms with E-state index in [0.717, 1.165) is 21.5 Å². The fourth-order valence-electron chi connectivity index (χ4n) is 2.45. The van der Waals surface area contributed by atoms with Gasteiger partial charge in [0.2, 0.25) is 0 Å². The van der Waals surface area contributed by atoms with Crippen molar-refractivity contribution in [1.82, 2.24) is 9.78 Å². The molecule has 0 saturated heterocycles. The third kappa shape index (κ3) is 3.74. The minimum Gasteiger partial charge on any atom is -0.497 e. The molecule has 3 rings (SSSR count). The Morgan fingerprint density at radius 1 is 1.20 bits per heavy atom. The summed E-state index contributed by atoms with van der Waals surface area (Å²) in [5.74, 6) is 0.276. The Morgan fingerprint density at radius 2 is 1.96 bits per heavy atom. The van der Waals surface area contributed by atoms with Gasteiger partial charge in [0.25, 0.3) is 0 Å². The zero-order chi connectivity index (χ0) is 17.8. The molecule has 0 amide bonds. The van der Waals surface area contributed by atoms with Crippen LogP contribution in [0.3, 0.4) is 0 Å². The summed E-state index contributed by atoms with van der Waals surface area (Å²) in [6.45, 7) is 2.07. The second-order valence-corrected chi connectivity index (χ2v) is 6.18. The number of carbonyl (C=O) groups is 1. The van der Waals surface area contributed by atoms with Gasteiger partial charge in [-0.25, -0.2) is 9.48 Å². The average molecular weight is 401 g/mol. The zero-order valence-electron chi connectivity index (χ0n) is 13.9. The molecule has 0 aliphatic heterocycles. The van der Waals surface area contributed by atoms with E-state index in [-0.39, 0.29) is 5.69 Å². The number of rotatable bonds is 5. The van der Waals surface area contributed by atoms with Crippen molar-refractivity contribution in [2.24, 2.45) is 0 Å². The lowest BCUT2D eigenvalue weighted by Gasteiger charge is -2.04. The van der Waals surface area contributed by atoms with Crippen molar-refractivity contribution in [3.63, 3.8) is 0 Å². The fourth-order valence-corrected chi connectivity index (χ4v) is 2.71. The van der Waals surface area contributed by atoms with Crippen molar-refractivity contribution in [3.05, 3.63) is 64.9 Å². The lowest BCUT2D eigenvalue weighted by molar-refractivity contribution is 0.0520. The highest BCUT2D eigenvalue weighted by molar-refractivity contribution is 9.10. The molecule has 0 aliphatic carbocycles. The van der Waals surface area contributed by atoms with E-state index in [0.29, 0.717) is 12.2 Å². The van der Waals surface area contributed by atoms with Crippen LogP contribution in [0.5, 0.6) is 5.75 Å². The molecule has 1 aromatic heterocycles. The van der Waals surface area contributed by atoms with Crippen LogP contribution in [0.4, 0.5) is 0 Å². The highest BCUT2D eigenvalue weighted by Gasteiger charge is 2.20. The lowest BCUT2D eigenvalue weighted by Crippen LogP contribution is -2.07. The van der Waals surface area contributed by atoms with Crippen molar-refractivity contribution in [2.75, 3.05) is 13.7 Å². The molecular formula is C19H17BrN2O3. The molecular weight excluding hydrogens is 384 g/mol. The number of ether oxygens (including phenoxy) is 2. The van der Waals surface area contributed by atoms with Gasteiger partial charge in [-0.2, -0.15) is 5.10 Å². The highest BCUT2D eigenvalue weighted by atomic mass is 79.9. The Bertz CT molecular complexity index is 888. The summed E-state index contributed by atoms with van der Waals surface area (Å²) in [6.07, 6.45) is 1.82. The Kier molecular flexibility index (Phi) is 5.19. The minimum absolute atomic E-state index is 0.284. The van der Waals surface area contributed by atoms with Crippen LogP contribution < -0.4 is 4.74 Å². The molecule has 0 fully saturated rings. The Morgan fingerprint density at radius 3 is 2.64 bits per heavy atom. The van der Waals surface area contributed by atoms with Crippen molar-refractivity contribution in [1.29, 1.82) is 0 Å². The molecule has 0 unspecified atom stereocenters. The van der Waals surface area contributed by atoms with E-state index < -0.39 is 5.97 Å². The van der Waals surface area contributed by atoms with Gasteiger partial charge in [-0.1, -0.05) is 34.1 Å². The molecule has 2 aromatic carbocycles. The van der Waals surface area contributed by atoms with Gasteiger partial charge in [-0.15, -0.1) is 0 Å². The molecule has 6 heteroatoms. The predicted molar refractivity (Wildman–Crippen MR) is 99.2 cm³/mol. The summed E-state index contributed by atoms with van der Waals surface area (Å²) < 4.78 is 13.0. The Balaban J connectivity index is 2.10. The fraction of sp³-hybridized carbons (Fsp3) is 0.158. The molecule has 0 aliphatic rings. The minimum atomic E-state index is -0.443. The van der Waals surface area contributed by atoms with Gasteiger partial charge in [0.15, 0.2) is 5.69 Å². The van der Waals surface area contributed by atoms with E-state index in [1.54, 1.807) is 18.7 Å². The van der Waals surface area contributed by atoms with Crippen LogP contribution in [0, 0.1) is 0 Å². The van der Waals surface area contributed by atoms with Gasteiger partial charge in [0.1, 0.15) is 5.75 Å². The van der Waals surface area contributed by atoms with Gasteiger partial charge < -0.3 is 9.47 Å². The SMILES string of the molecule is CCOC(=O)c1nn(-c2cccc(OC)c2)cc1-c1ccc(Br)cc1. The molecule has 0 atom stereocenters. The maximum Gasteiger partial charge on any atom is 0.359 e. The number of hydrogen-bond acceptors (Lipinski definition) is 4. The third-order valence-corrected chi connectivity index (χ3v) is 4.18. The van der Waals surface area contributed by atoms with Crippen LogP contribution in [0.25, 0.3) is 16.8 Å². The lowest BCUT2D eigenvalue weighted by atomic mass is 10.1. The third-order valence-electron chi connectivity index (χ3n) is 3.66. The summed E-state index contributed by atoms with van der Waals surface area (Å²) in [4.78, 5) is 12.3. The molecule has 128 valence electrons. The summed E-state index contributed by atoms with van der Waals surface area (Å²) >= 11 is 3.42. The van der Waals surface area contributed by atoms with Gasteiger partial charge >= 0.3 is 5.97 Å². The summed E-state index contributed by atoms with van der Waals surface area (Å²) in [7, 11) is 1.61. The van der Waals surface area contributed by atoms with Gasteiger partial charge in [-0.3, -0.25) is 0 Å². The summed E-state index contributed by atoms with van der Waals surface area (Å²) in [5.41, 5.74) is 2.69. The number of aromatic nitrogens is 2. The molecule has 0 spiro atoms. The van der Waals surface area contributed by atoms with E-state index >= 15 is 0 Å². The average Bonchev–Trinajstić information content (AvgIpc) is 3.08. The predicted octanol–water partition coefficient (Wildman–Crippen LogP) is 4.49. The van der Waals surface area contributed by atoms with Crippen LogP contribution in [-0.2, 0) is 4.74 Å². The number of halogens is 1. The first-order chi connectivity index (χ1) is 12.1. The molecule has 0 bridgehead atoms. The van der Waals surface area contributed by atoms with Crippen LogP contribution in [0.1, 0.15) is 17.4 Å². The van der Waals surface area contributed by atoms with Crippen molar-refractivity contribution in [2.45, 2.75) is 6.92 Å². The monoisotopic (exact) mass is 400 g/mol. The largest absolute Gasteiger partial charge is 0.497 e. The van der Waals surface area contributed by atoms with Gasteiger partial charge in [0.05, 0.1) is 19.4 Å². The molecule has 5 nitrogen and oxygen atoms in total. The number of nitrogens with zero attached hydrogens (tertiary/aromatic N) is 2. The van der Waals surface area contributed by atoms with E-state index in [1.807, 2.05) is 54.7 Å². The van der Waals surface area contributed by atoms with Crippen LogP contribution in [0.2, 0.25) is 0 Å². The summed E-state index contributed by atoms with van der Waals surface area (Å²) in [6, 6.07) is 15.2. The molecule has 0 N–H and O–H groups in total. The maximum absolute atomic E-state index is 12.3. The highest BCUT2D eigenvalue weighted by Crippen LogP contribution is 2.27. The zero-order valence-corrected chi connectivity index (χ0v) is 15.5. The number of carbonyl (C=O) groups excluding carboxylic acids is 1. The van der Waals surface area contributed by atoms with E-state index in [1.165, 1.54) is 0 Å². The second-order valence-electron chi connectivity index (χ2n) is 5.26. The van der Waals surface area contributed by atoms with Gasteiger partial charge in [-0.05, 0) is 36.8 Å². The first-order valence-electron chi connectivity index (χ1n) is 7.79. The molecule has 1 heterocycles. The first kappa shape index (κ1) is 17.2. The topological polar surface area (TPSA) is 53.3 Å². The summed E-state index contributed by atoms with van der Waals surface area (Å²) in [5, 5.41) is 4.45. The van der Waals surface area contributed by atoms with Crippen molar-refractivity contribution in [3.8, 4) is 22.6 Å². The van der Waals surface area contributed by atoms with E-state index in [9.17, 15) is 4.79 Å². The number of hydrogen-bond donors (Lipinski definition) is 0. The molecule has 3 aromatic rings. The van der Waals surface area contributed by atoms with Gasteiger partial charge in [0, 0.05) is 22.3 Å². The van der Waals surface area contributed by atoms with Crippen LogP contribution in [0.15, 0.2) is 59.2 Å². The molecule has 0 saturated carbocycles. The van der Waals surface area contributed by atoms with Crippen LogP contribution >= 0.6 is 15.9 Å². The van der Waals surface area contributed by atoms with Crippen LogP contribution in [-0.4, -0.2) is 29.5 Å². The first-order valence-corrected chi connectivity index (χ1v) is 8.59. The van der Waals surface area contributed by atoms with E-state index in [4.69, 9.17) is 9.47 Å². The smallest absolute Gasteiger partial charge is 0.359 e. The molecule has 25 heavy (non-hydrogen) atoms. The number of methoxy groups -OCH3 is 1. The quantitative estimate of drug-likeness (QED) is 0.592. The Hall–Kier alpha value is -2.60. The maximum atomic E-state index is 12.3. The van der Waals surface area contributed by atoms with E-state index in [2.05, 4.69) is 21.0 Å². The number of benzene rings is 2. The molecule has 0 radical (unpaired) electrons. The number of esters is 1.